The molecule has 2 unspecified atom stereocenters. The third-order valence-electron chi connectivity index (χ3n) is 3.16. The van der Waals surface area contributed by atoms with Crippen molar-refractivity contribution in [3.05, 3.63) is 24.2 Å². The molecule has 1 aromatic rings. The Kier molecular flexibility index (Phi) is 4.66. The standard InChI is InChI=1S/C13H18ClNO3/c1-10-9-18-12(7-14)8-15(10)13(16)5-4-11-3-2-6-17-11/h2-3,6,10,12H,4-5,7-9H2,1H3. The number of alkyl halides is 1. The minimum absolute atomic E-state index is 0.0459. The molecule has 0 radical (unpaired) electrons. The molecule has 5 heteroatoms. The van der Waals surface area contributed by atoms with Gasteiger partial charge >= 0.3 is 0 Å². The highest BCUT2D eigenvalue weighted by atomic mass is 35.5. The fourth-order valence-corrected chi connectivity index (χ4v) is 2.27. The van der Waals surface area contributed by atoms with Gasteiger partial charge in [-0.15, -0.1) is 11.6 Å². The van der Waals surface area contributed by atoms with Crippen molar-refractivity contribution < 1.29 is 13.9 Å². The summed E-state index contributed by atoms with van der Waals surface area (Å²) in [6.45, 7) is 3.14. The molecule has 1 aliphatic heterocycles. The van der Waals surface area contributed by atoms with E-state index in [2.05, 4.69) is 0 Å². The molecule has 100 valence electrons. The number of carbonyl (C=O) groups is 1. The number of furan rings is 1. The van der Waals surface area contributed by atoms with Crippen LogP contribution in [0.25, 0.3) is 0 Å². The Morgan fingerprint density at radius 2 is 2.44 bits per heavy atom. The van der Waals surface area contributed by atoms with Crippen LogP contribution in [-0.4, -0.2) is 42.0 Å². The summed E-state index contributed by atoms with van der Waals surface area (Å²) in [5.74, 6) is 1.41. The van der Waals surface area contributed by atoms with Gasteiger partial charge in [0.1, 0.15) is 5.76 Å². The van der Waals surface area contributed by atoms with E-state index in [0.29, 0.717) is 31.9 Å². The van der Waals surface area contributed by atoms with Crippen LogP contribution in [0.3, 0.4) is 0 Å². The normalized spacial score (nSPS) is 24.2. The molecule has 2 heterocycles. The van der Waals surface area contributed by atoms with E-state index in [0.717, 1.165) is 5.76 Å². The Morgan fingerprint density at radius 3 is 3.11 bits per heavy atom. The Morgan fingerprint density at radius 1 is 1.61 bits per heavy atom. The smallest absolute Gasteiger partial charge is 0.223 e. The van der Waals surface area contributed by atoms with Crippen LogP contribution >= 0.6 is 11.6 Å². The summed E-state index contributed by atoms with van der Waals surface area (Å²) in [7, 11) is 0. The lowest BCUT2D eigenvalue weighted by atomic mass is 10.1. The molecule has 1 fully saturated rings. The zero-order valence-corrected chi connectivity index (χ0v) is 11.2. The fourth-order valence-electron chi connectivity index (χ4n) is 2.09. The van der Waals surface area contributed by atoms with Crippen LogP contribution in [0.4, 0.5) is 0 Å². The number of morpholine rings is 1. The van der Waals surface area contributed by atoms with E-state index < -0.39 is 0 Å². The highest BCUT2D eigenvalue weighted by Gasteiger charge is 2.28. The number of rotatable bonds is 4. The molecule has 0 spiro atoms. The van der Waals surface area contributed by atoms with E-state index in [1.165, 1.54) is 0 Å². The molecule has 0 saturated carbocycles. The number of carbonyl (C=O) groups excluding carboxylic acids is 1. The lowest BCUT2D eigenvalue weighted by Gasteiger charge is -2.37. The van der Waals surface area contributed by atoms with Gasteiger partial charge in [-0.2, -0.15) is 0 Å². The zero-order chi connectivity index (χ0) is 13.0. The molecule has 18 heavy (non-hydrogen) atoms. The number of hydrogen-bond acceptors (Lipinski definition) is 3. The topological polar surface area (TPSA) is 42.7 Å². The quantitative estimate of drug-likeness (QED) is 0.788. The van der Waals surface area contributed by atoms with Gasteiger partial charge in [0.2, 0.25) is 5.91 Å². The lowest BCUT2D eigenvalue weighted by Crippen LogP contribution is -2.51. The number of halogens is 1. The van der Waals surface area contributed by atoms with Crippen molar-refractivity contribution in [2.45, 2.75) is 31.9 Å². The van der Waals surface area contributed by atoms with Crippen LogP contribution in [0.15, 0.2) is 22.8 Å². The predicted molar refractivity (Wildman–Crippen MR) is 68.7 cm³/mol. The first kappa shape index (κ1) is 13.4. The molecule has 0 aromatic carbocycles. The van der Waals surface area contributed by atoms with Gasteiger partial charge in [-0.05, 0) is 19.1 Å². The third-order valence-corrected chi connectivity index (χ3v) is 3.51. The highest BCUT2D eigenvalue weighted by molar-refractivity contribution is 6.18. The van der Waals surface area contributed by atoms with E-state index in [4.69, 9.17) is 20.8 Å². The Balaban J connectivity index is 1.86. The van der Waals surface area contributed by atoms with Crippen LogP contribution in [0.5, 0.6) is 0 Å². The predicted octanol–water partition coefficient (Wildman–Crippen LogP) is 2.07. The molecular formula is C13H18ClNO3. The molecular weight excluding hydrogens is 254 g/mol. The van der Waals surface area contributed by atoms with Gasteiger partial charge in [-0.1, -0.05) is 0 Å². The van der Waals surface area contributed by atoms with Crippen LogP contribution in [-0.2, 0) is 16.0 Å². The summed E-state index contributed by atoms with van der Waals surface area (Å²) < 4.78 is 10.7. The van der Waals surface area contributed by atoms with Crippen molar-refractivity contribution in [1.29, 1.82) is 0 Å². The summed E-state index contributed by atoms with van der Waals surface area (Å²) in [6.07, 6.45) is 2.69. The Labute approximate surface area is 112 Å². The average Bonchev–Trinajstić information content (AvgIpc) is 2.89. The van der Waals surface area contributed by atoms with Crippen LogP contribution in [0.2, 0.25) is 0 Å². The number of amides is 1. The molecule has 1 aliphatic rings. The number of nitrogens with zero attached hydrogens (tertiary/aromatic N) is 1. The van der Waals surface area contributed by atoms with Crippen LogP contribution < -0.4 is 0 Å². The van der Waals surface area contributed by atoms with E-state index in [9.17, 15) is 4.79 Å². The van der Waals surface area contributed by atoms with E-state index in [-0.39, 0.29) is 18.1 Å². The van der Waals surface area contributed by atoms with Crippen molar-refractivity contribution in [1.82, 2.24) is 4.90 Å². The van der Waals surface area contributed by atoms with Gasteiger partial charge in [-0.25, -0.2) is 0 Å². The minimum atomic E-state index is -0.0459. The molecule has 1 saturated heterocycles. The molecule has 0 bridgehead atoms. The lowest BCUT2D eigenvalue weighted by molar-refractivity contribution is -0.143. The second-order valence-corrected chi connectivity index (χ2v) is 4.89. The van der Waals surface area contributed by atoms with Crippen LogP contribution in [0.1, 0.15) is 19.1 Å². The monoisotopic (exact) mass is 271 g/mol. The van der Waals surface area contributed by atoms with Gasteiger partial charge in [0.25, 0.3) is 0 Å². The van der Waals surface area contributed by atoms with E-state index >= 15 is 0 Å². The molecule has 1 aromatic heterocycles. The average molecular weight is 272 g/mol. The first-order chi connectivity index (χ1) is 8.70. The van der Waals surface area contributed by atoms with E-state index in [1.54, 1.807) is 6.26 Å². The second kappa shape index (κ2) is 6.25. The van der Waals surface area contributed by atoms with Gasteiger partial charge in [0.05, 0.1) is 30.9 Å². The van der Waals surface area contributed by atoms with Crippen molar-refractivity contribution in [3.8, 4) is 0 Å². The maximum atomic E-state index is 12.2. The van der Waals surface area contributed by atoms with E-state index in [1.807, 2.05) is 24.0 Å². The number of hydrogen-bond donors (Lipinski definition) is 0. The SMILES string of the molecule is CC1COC(CCl)CN1C(=O)CCc1ccco1. The maximum absolute atomic E-state index is 12.2. The van der Waals surface area contributed by atoms with Gasteiger partial charge in [0.15, 0.2) is 0 Å². The van der Waals surface area contributed by atoms with Crippen molar-refractivity contribution in [3.63, 3.8) is 0 Å². The van der Waals surface area contributed by atoms with Gasteiger partial charge in [0, 0.05) is 19.4 Å². The molecule has 0 N–H and O–H groups in total. The summed E-state index contributed by atoms with van der Waals surface area (Å²) in [6, 6.07) is 3.84. The zero-order valence-electron chi connectivity index (χ0n) is 10.5. The van der Waals surface area contributed by atoms with Crippen LogP contribution in [0, 0.1) is 0 Å². The Hall–Kier alpha value is -1.00. The van der Waals surface area contributed by atoms with Crippen molar-refractivity contribution in [2.24, 2.45) is 0 Å². The third kappa shape index (κ3) is 3.27. The van der Waals surface area contributed by atoms with Gasteiger partial charge < -0.3 is 14.1 Å². The fraction of sp³-hybridized carbons (Fsp3) is 0.615. The largest absolute Gasteiger partial charge is 0.469 e. The summed E-state index contributed by atoms with van der Waals surface area (Å²) >= 11 is 5.78. The number of aryl methyl sites for hydroxylation is 1. The number of ether oxygens (including phenoxy) is 1. The molecule has 1 amide bonds. The highest BCUT2D eigenvalue weighted by Crippen LogP contribution is 2.15. The molecule has 4 nitrogen and oxygen atoms in total. The summed E-state index contributed by atoms with van der Waals surface area (Å²) in [5, 5.41) is 0. The van der Waals surface area contributed by atoms with Crippen molar-refractivity contribution >= 4 is 17.5 Å². The summed E-state index contributed by atoms with van der Waals surface area (Å²) in [4.78, 5) is 14.0. The minimum Gasteiger partial charge on any atom is -0.469 e. The first-order valence-electron chi connectivity index (χ1n) is 6.20. The Bertz CT molecular complexity index is 380. The van der Waals surface area contributed by atoms with Gasteiger partial charge in [-0.3, -0.25) is 4.79 Å². The second-order valence-electron chi connectivity index (χ2n) is 4.58. The first-order valence-corrected chi connectivity index (χ1v) is 6.73. The molecule has 2 atom stereocenters. The molecule has 0 aliphatic carbocycles. The maximum Gasteiger partial charge on any atom is 0.223 e. The molecule has 2 rings (SSSR count). The summed E-state index contributed by atoms with van der Waals surface area (Å²) in [5.41, 5.74) is 0. The van der Waals surface area contributed by atoms with Crippen molar-refractivity contribution in [2.75, 3.05) is 19.0 Å².